The van der Waals surface area contributed by atoms with Crippen molar-refractivity contribution in [3.63, 3.8) is 0 Å². The number of benzene rings is 3. The molecule has 1 atom stereocenters. The van der Waals surface area contributed by atoms with Gasteiger partial charge in [0.15, 0.2) is 0 Å². The average Bonchev–Trinajstić information content (AvgIpc) is 2.86. The van der Waals surface area contributed by atoms with Gasteiger partial charge in [-0.3, -0.25) is 14.5 Å². The van der Waals surface area contributed by atoms with Crippen LogP contribution in [0.3, 0.4) is 0 Å². The van der Waals surface area contributed by atoms with E-state index in [0.29, 0.717) is 31.6 Å². The van der Waals surface area contributed by atoms with E-state index in [-0.39, 0.29) is 29.5 Å². The van der Waals surface area contributed by atoms with Crippen molar-refractivity contribution in [2.75, 3.05) is 23.7 Å². The molecular formula is C27H29N3O3. The van der Waals surface area contributed by atoms with Gasteiger partial charge >= 0.3 is 0 Å². The Morgan fingerprint density at radius 2 is 1.45 bits per heavy atom. The SMILES string of the molecule is C[C@@H](C(=O)Nc1ccccc1-c1ccccc1)N1CCC(C(=O)Nc2ccccc2O)CC1. The number of amides is 2. The lowest BCUT2D eigenvalue weighted by Gasteiger charge is -2.34. The number of hydrogen-bond donors (Lipinski definition) is 3. The van der Waals surface area contributed by atoms with Crippen molar-refractivity contribution in [3.8, 4) is 16.9 Å². The second-order valence-electron chi connectivity index (χ2n) is 8.39. The van der Waals surface area contributed by atoms with Crippen molar-refractivity contribution in [1.82, 2.24) is 4.90 Å². The fourth-order valence-corrected chi connectivity index (χ4v) is 4.23. The Labute approximate surface area is 194 Å². The molecule has 3 N–H and O–H groups in total. The van der Waals surface area contributed by atoms with Crippen molar-refractivity contribution in [2.24, 2.45) is 5.92 Å². The van der Waals surface area contributed by atoms with Gasteiger partial charge in [0.05, 0.1) is 11.7 Å². The predicted molar refractivity (Wildman–Crippen MR) is 131 cm³/mol. The number of likely N-dealkylation sites (tertiary alicyclic amines) is 1. The highest BCUT2D eigenvalue weighted by Gasteiger charge is 2.30. The van der Waals surface area contributed by atoms with Crippen LogP contribution in [0.2, 0.25) is 0 Å². The Kier molecular flexibility index (Phi) is 7.05. The fraction of sp³-hybridized carbons (Fsp3) is 0.259. The number of hydrogen-bond acceptors (Lipinski definition) is 4. The minimum atomic E-state index is -0.309. The van der Waals surface area contributed by atoms with Crippen molar-refractivity contribution in [1.29, 1.82) is 0 Å². The van der Waals surface area contributed by atoms with Gasteiger partial charge in [0.2, 0.25) is 11.8 Å². The molecule has 0 bridgehead atoms. The van der Waals surface area contributed by atoms with Gasteiger partial charge in [-0.1, -0.05) is 60.7 Å². The quantitative estimate of drug-likeness (QED) is 0.481. The molecule has 0 aromatic heterocycles. The zero-order chi connectivity index (χ0) is 23.2. The third kappa shape index (κ3) is 5.41. The van der Waals surface area contributed by atoms with Crippen LogP contribution in [0.1, 0.15) is 19.8 Å². The molecule has 1 saturated heterocycles. The predicted octanol–water partition coefficient (Wildman–Crippen LogP) is 4.74. The lowest BCUT2D eigenvalue weighted by molar-refractivity contribution is -0.123. The van der Waals surface area contributed by atoms with Crippen LogP contribution in [0, 0.1) is 5.92 Å². The molecule has 6 heteroatoms. The number of phenolic OH excluding ortho intramolecular Hbond substituents is 1. The van der Waals surface area contributed by atoms with Crippen LogP contribution in [-0.2, 0) is 9.59 Å². The summed E-state index contributed by atoms with van der Waals surface area (Å²) in [4.78, 5) is 27.8. The lowest BCUT2D eigenvalue weighted by atomic mass is 9.94. The number of carbonyl (C=O) groups is 2. The highest BCUT2D eigenvalue weighted by molar-refractivity contribution is 5.98. The van der Waals surface area contributed by atoms with E-state index in [0.717, 1.165) is 16.8 Å². The molecular weight excluding hydrogens is 414 g/mol. The largest absolute Gasteiger partial charge is 0.506 e. The van der Waals surface area contributed by atoms with Crippen LogP contribution < -0.4 is 10.6 Å². The average molecular weight is 444 g/mol. The number of nitrogens with one attached hydrogen (secondary N) is 2. The molecule has 0 radical (unpaired) electrons. The summed E-state index contributed by atoms with van der Waals surface area (Å²) in [6, 6.07) is 24.2. The molecule has 6 nitrogen and oxygen atoms in total. The van der Waals surface area contributed by atoms with E-state index in [4.69, 9.17) is 0 Å². The van der Waals surface area contributed by atoms with Crippen molar-refractivity contribution in [3.05, 3.63) is 78.9 Å². The third-order valence-corrected chi connectivity index (χ3v) is 6.26. The van der Waals surface area contributed by atoms with Crippen molar-refractivity contribution < 1.29 is 14.7 Å². The fourth-order valence-electron chi connectivity index (χ4n) is 4.23. The minimum Gasteiger partial charge on any atom is -0.506 e. The number of anilines is 2. The van der Waals surface area contributed by atoms with Gasteiger partial charge in [0.25, 0.3) is 0 Å². The molecule has 4 rings (SSSR count). The van der Waals surface area contributed by atoms with Gasteiger partial charge in [-0.2, -0.15) is 0 Å². The molecule has 1 fully saturated rings. The molecule has 33 heavy (non-hydrogen) atoms. The van der Waals surface area contributed by atoms with E-state index >= 15 is 0 Å². The second-order valence-corrected chi connectivity index (χ2v) is 8.39. The molecule has 0 saturated carbocycles. The first-order valence-electron chi connectivity index (χ1n) is 11.3. The molecule has 0 spiro atoms. The molecule has 3 aromatic carbocycles. The van der Waals surface area contributed by atoms with E-state index in [1.165, 1.54) is 0 Å². The number of carbonyl (C=O) groups excluding carboxylic acids is 2. The highest BCUT2D eigenvalue weighted by atomic mass is 16.3. The van der Waals surface area contributed by atoms with E-state index in [2.05, 4.69) is 15.5 Å². The van der Waals surface area contributed by atoms with Crippen LogP contribution in [0.25, 0.3) is 11.1 Å². The summed E-state index contributed by atoms with van der Waals surface area (Å²) in [6.07, 6.45) is 1.33. The summed E-state index contributed by atoms with van der Waals surface area (Å²) in [5.41, 5.74) is 3.25. The van der Waals surface area contributed by atoms with Crippen LogP contribution in [0.4, 0.5) is 11.4 Å². The zero-order valence-electron chi connectivity index (χ0n) is 18.7. The molecule has 170 valence electrons. The maximum atomic E-state index is 13.0. The number of rotatable bonds is 6. The van der Waals surface area contributed by atoms with Gasteiger partial charge < -0.3 is 15.7 Å². The molecule has 0 aliphatic carbocycles. The molecule has 1 aliphatic heterocycles. The minimum absolute atomic E-state index is 0.0596. The van der Waals surface area contributed by atoms with E-state index in [1.807, 2.05) is 61.5 Å². The molecule has 0 unspecified atom stereocenters. The van der Waals surface area contributed by atoms with Crippen LogP contribution in [0.15, 0.2) is 78.9 Å². The highest BCUT2D eigenvalue weighted by Crippen LogP contribution is 2.29. The van der Waals surface area contributed by atoms with Gasteiger partial charge in [0, 0.05) is 17.2 Å². The summed E-state index contributed by atoms with van der Waals surface area (Å²) in [5.74, 6) is -0.236. The van der Waals surface area contributed by atoms with E-state index in [1.54, 1.807) is 24.3 Å². The van der Waals surface area contributed by atoms with E-state index < -0.39 is 0 Å². The Morgan fingerprint density at radius 3 is 2.15 bits per heavy atom. The van der Waals surface area contributed by atoms with Crippen LogP contribution in [-0.4, -0.2) is 41.0 Å². The molecule has 2 amide bonds. The Hall–Kier alpha value is -3.64. The summed E-state index contributed by atoms with van der Waals surface area (Å²) >= 11 is 0. The third-order valence-electron chi connectivity index (χ3n) is 6.26. The normalized spacial score (nSPS) is 15.5. The van der Waals surface area contributed by atoms with Gasteiger partial charge in [-0.25, -0.2) is 0 Å². The van der Waals surface area contributed by atoms with Crippen molar-refractivity contribution >= 4 is 23.2 Å². The summed E-state index contributed by atoms with van der Waals surface area (Å²) < 4.78 is 0. The number of aromatic hydroxyl groups is 1. The first kappa shape index (κ1) is 22.6. The van der Waals surface area contributed by atoms with Gasteiger partial charge in [0.1, 0.15) is 5.75 Å². The lowest BCUT2D eigenvalue weighted by Crippen LogP contribution is -2.47. The number of phenols is 1. The Morgan fingerprint density at radius 1 is 0.848 bits per heavy atom. The topological polar surface area (TPSA) is 81.7 Å². The van der Waals surface area contributed by atoms with E-state index in [9.17, 15) is 14.7 Å². The number of para-hydroxylation sites is 3. The molecule has 3 aromatic rings. The zero-order valence-corrected chi connectivity index (χ0v) is 18.7. The number of piperidine rings is 1. The number of nitrogens with zero attached hydrogens (tertiary/aromatic N) is 1. The maximum absolute atomic E-state index is 13.0. The first-order chi connectivity index (χ1) is 16.0. The van der Waals surface area contributed by atoms with Gasteiger partial charge in [-0.05, 0) is 56.6 Å². The Balaban J connectivity index is 1.34. The van der Waals surface area contributed by atoms with Gasteiger partial charge in [-0.15, -0.1) is 0 Å². The monoisotopic (exact) mass is 443 g/mol. The van der Waals surface area contributed by atoms with Crippen LogP contribution >= 0.6 is 0 Å². The van der Waals surface area contributed by atoms with Crippen molar-refractivity contribution in [2.45, 2.75) is 25.8 Å². The summed E-state index contributed by atoms with van der Waals surface area (Å²) in [7, 11) is 0. The summed E-state index contributed by atoms with van der Waals surface area (Å²) in [5, 5.41) is 15.8. The van der Waals surface area contributed by atoms with Crippen LogP contribution in [0.5, 0.6) is 5.75 Å². The molecule has 1 aliphatic rings. The maximum Gasteiger partial charge on any atom is 0.241 e. The summed E-state index contributed by atoms with van der Waals surface area (Å²) in [6.45, 7) is 3.23. The Bertz CT molecular complexity index is 1110. The smallest absolute Gasteiger partial charge is 0.241 e. The standard InChI is InChI=1S/C27H29N3O3/c1-19(26(32)28-23-12-6-5-11-22(23)20-9-3-2-4-10-20)30-17-15-21(16-18-30)27(33)29-24-13-7-8-14-25(24)31/h2-14,19,21,31H,15-18H2,1H3,(H,28,32)(H,29,33)/t19-/m0/s1. The second kappa shape index (κ2) is 10.3. The molecule has 1 heterocycles. The first-order valence-corrected chi connectivity index (χ1v) is 11.3.